The predicted octanol–water partition coefficient (Wildman–Crippen LogP) is 3.89. The molecule has 5 nitrogen and oxygen atoms in total. The van der Waals surface area contributed by atoms with Crippen molar-refractivity contribution in [3.8, 4) is 0 Å². The topological polar surface area (TPSA) is 48.6 Å². The highest BCUT2D eigenvalue weighted by Gasteiger charge is 2.16. The van der Waals surface area contributed by atoms with Gasteiger partial charge in [0, 0.05) is 43.3 Å². The molecule has 1 aromatic heterocycles. The van der Waals surface area contributed by atoms with Gasteiger partial charge < -0.3 is 19.5 Å². The van der Waals surface area contributed by atoms with Crippen molar-refractivity contribution in [3.05, 3.63) is 64.8 Å². The van der Waals surface area contributed by atoms with Gasteiger partial charge in [-0.3, -0.25) is 4.79 Å². The molecule has 1 fully saturated rings. The molecule has 1 amide bonds. The number of ether oxygens (including phenoxy) is 1. The standard InChI is InChI=1S/C23H27N3O2/c1-16-12-17(2)20-14-22(24-21(20)13-16)23(27)25(3)15-18-4-6-19(7-5-18)26-8-10-28-11-9-26/h4-7,12-14,24H,8-11,15H2,1-3H3. The smallest absolute Gasteiger partial charge is 0.270 e. The van der Waals surface area contributed by atoms with Crippen LogP contribution in [0.1, 0.15) is 27.2 Å². The molecule has 0 saturated carbocycles. The predicted molar refractivity (Wildman–Crippen MR) is 113 cm³/mol. The van der Waals surface area contributed by atoms with E-state index in [1.54, 1.807) is 4.90 Å². The number of amides is 1. The van der Waals surface area contributed by atoms with Crippen LogP contribution in [0.3, 0.4) is 0 Å². The monoisotopic (exact) mass is 377 g/mol. The van der Waals surface area contributed by atoms with Crippen LogP contribution in [-0.2, 0) is 11.3 Å². The first-order valence-corrected chi connectivity index (χ1v) is 9.78. The first kappa shape index (κ1) is 18.6. The third kappa shape index (κ3) is 3.76. The van der Waals surface area contributed by atoms with Gasteiger partial charge in [-0.25, -0.2) is 0 Å². The number of aromatic amines is 1. The van der Waals surface area contributed by atoms with E-state index in [9.17, 15) is 4.79 Å². The normalized spacial score (nSPS) is 14.5. The van der Waals surface area contributed by atoms with Crippen molar-refractivity contribution in [2.24, 2.45) is 0 Å². The summed E-state index contributed by atoms with van der Waals surface area (Å²) >= 11 is 0. The lowest BCUT2D eigenvalue weighted by molar-refractivity contribution is 0.0780. The van der Waals surface area contributed by atoms with Crippen molar-refractivity contribution in [2.45, 2.75) is 20.4 Å². The van der Waals surface area contributed by atoms with Crippen molar-refractivity contribution < 1.29 is 9.53 Å². The van der Waals surface area contributed by atoms with E-state index in [1.807, 2.05) is 13.1 Å². The zero-order valence-electron chi connectivity index (χ0n) is 16.8. The molecule has 0 bridgehead atoms. The number of nitrogens with one attached hydrogen (secondary N) is 1. The summed E-state index contributed by atoms with van der Waals surface area (Å²) in [5.41, 5.74) is 6.37. The summed E-state index contributed by atoms with van der Waals surface area (Å²) in [6.45, 7) is 8.15. The lowest BCUT2D eigenvalue weighted by Gasteiger charge is -2.29. The second-order valence-electron chi connectivity index (χ2n) is 7.65. The van der Waals surface area contributed by atoms with Crippen LogP contribution < -0.4 is 4.90 Å². The summed E-state index contributed by atoms with van der Waals surface area (Å²) in [6.07, 6.45) is 0. The largest absolute Gasteiger partial charge is 0.378 e. The second kappa shape index (κ2) is 7.68. The Morgan fingerprint density at radius 2 is 1.82 bits per heavy atom. The van der Waals surface area contributed by atoms with Gasteiger partial charge in [0.05, 0.1) is 13.2 Å². The van der Waals surface area contributed by atoms with Crippen LogP contribution in [0.2, 0.25) is 0 Å². The SMILES string of the molecule is Cc1cc(C)c2cc(C(=O)N(C)Cc3ccc(N4CCOCC4)cc3)[nH]c2c1. The number of anilines is 1. The zero-order chi connectivity index (χ0) is 19.7. The number of hydrogen-bond donors (Lipinski definition) is 1. The minimum atomic E-state index is 0.00510. The molecule has 1 aliphatic heterocycles. The summed E-state index contributed by atoms with van der Waals surface area (Å²) in [7, 11) is 1.85. The maximum atomic E-state index is 12.9. The number of aryl methyl sites for hydroxylation is 2. The molecule has 0 radical (unpaired) electrons. The van der Waals surface area contributed by atoms with Crippen LogP contribution in [0.25, 0.3) is 10.9 Å². The Labute approximate surface area is 165 Å². The van der Waals surface area contributed by atoms with E-state index in [0.29, 0.717) is 12.2 Å². The number of morpholine rings is 1. The van der Waals surface area contributed by atoms with E-state index < -0.39 is 0 Å². The van der Waals surface area contributed by atoms with Gasteiger partial charge in [-0.15, -0.1) is 0 Å². The van der Waals surface area contributed by atoms with E-state index in [1.165, 1.54) is 16.8 Å². The summed E-state index contributed by atoms with van der Waals surface area (Å²) in [6, 6.07) is 14.7. The highest BCUT2D eigenvalue weighted by atomic mass is 16.5. The number of fused-ring (bicyclic) bond motifs is 1. The van der Waals surface area contributed by atoms with E-state index in [2.05, 4.69) is 60.1 Å². The molecule has 2 aromatic carbocycles. The van der Waals surface area contributed by atoms with Crippen LogP contribution in [-0.4, -0.2) is 49.1 Å². The molecule has 0 spiro atoms. The van der Waals surface area contributed by atoms with Gasteiger partial charge in [0.25, 0.3) is 5.91 Å². The molecule has 0 unspecified atom stereocenters. The van der Waals surface area contributed by atoms with Crippen molar-refractivity contribution in [2.75, 3.05) is 38.3 Å². The van der Waals surface area contributed by atoms with E-state index in [4.69, 9.17) is 4.74 Å². The molecular weight excluding hydrogens is 350 g/mol. The molecule has 1 saturated heterocycles. The average Bonchev–Trinajstić information content (AvgIpc) is 3.13. The fourth-order valence-electron chi connectivity index (χ4n) is 3.90. The van der Waals surface area contributed by atoms with Gasteiger partial charge in [0.1, 0.15) is 5.69 Å². The van der Waals surface area contributed by atoms with Crippen LogP contribution in [0, 0.1) is 13.8 Å². The maximum Gasteiger partial charge on any atom is 0.270 e. The second-order valence-corrected chi connectivity index (χ2v) is 7.65. The fraction of sp³-hybridized carbons (Fsp3) is 0.348. The van der Waals surface area contributed by atoms with E-state index in [0.717, 1.165) is 42.8 Å². The Bertz CT molecular complexity index is 985. The van der Waals surface area contributed by atoms with E-state index >= 15 is 0 Å². The average molecular weight is 377 g/mol. The molecule has 5 heteroatoms. The molecule has 3 aromatic rings. The molecule has 1 aliphatic rings. The van der Waals surface area contributed by atoms with Gasteiger partial charge in [-0.2, -0.15) is 0 Å². The van der Waals surface area contributed by atoms with Crippen LogP contribution in [0.4, 0.5) is 5.69 Å². The Morgan fingerprint density at radius 1 is 1.11 bits per heavy atom. The number of carbonyl (C=O) groups is 1. The maximum absolute atomic E-state index is 12.9. The lowest BCUT2D eigenvalue weighted by Crippen LogP contribution is -2.36. The zero-order valence-corrected chi connectivity index (χ0v) is 16.8. The summed E-state index contributed by atoms with van der Waals surface area (Å²) in [5, 5.41) is 1.11. The fourth-order valence-corrected chi connectivity index (χ4v) is 3.90. The summed E-state index contributed by atoms with van der Waals surface area (Å²) in [4.78, 5) is 20.3. The number of aromatic nitrogens is 1. The highest BCUT2D eigenvalue weighted by Crippen LogP contribution is 2.23. The summed E-state index contributed by atoms with van der Waals surface area (Å²) in [5.74, 6) is 0.00510. The molecule has 4 rings (SSSR count). The molecule has 146 valence electrons. The third-order valence-electron chi connectivity index (χ3n) is 5.40. The minimum absolute atomic E-state index is 0.00510. The van der Waals surface area contributed by atoms with Gasteiger partial charge in [0.15, 0.2) is 0 Å². The van der Waals surface area contributed by atoms with Crippen molar-refractivity contribution >= 4 is 22.5 Å². The molecule has 2 heterocycles. The number of carbonyl (C=O) groups excluding carboxylic acids is 1. The summed E-state index contributed by atoms with van der Waals surface area (Å²) < 4.78 is 5.41. The Kier molecular flexibility index (Phi) is 5.09. The molecule has 0 atom stereocenters. The van der Waals surface area contributed by atoms with Gasteiger partial charge in [-0.05, 0) is 54.8 Å². The number of nitrogens with zero attached hydrogens (tertiary/aromatic N) is 2. The molecule has 28 heavy (non-hydrogen) atoms. The van der Waals surface area contributed by atoms with Gasteiger partial charge in [-0.1, -0.05) is 18.2 Å². The van der Waals surface area contributed by atoms with Crippen LogP contribution >= 0.6 is 0 Å². The number of H-pyrrole nitrogens is 1. The van der Waals surface area contributed by atoms with Gasteiger partial charge >= 0.3 is 0 Å². The number of rotatable bonds is 4. The lowest BCUT2D eigenvalue weighted by atomic mass is 10.1. The quantitative estimate of drug-likeness (QED) is 0.750. The van der Waals surface area contributed by atoms with Crippen LogP contribution in [0.15, 0.2) is 42.5 Å². The first-order valence-electron chi connectivity index (χ1n) is 9.78. The molecule has 0 aliphatic carbocycles. The first-order chi connectivity index (χ1) is 13.5. The molecular formula is C23H27N3O2. The van der Waals surface area contributed by atoms with E-state index in [-0.39, 0.29) is 5.91 Å². The molecule has 1 N–H and O–H groups in total. The third-order valence-corrected chi connectivity index (χ3v) is 5.40. The van der Waals surface area contributed by atoms with Crippen molar-refractivity contribution in [1.82, 2.24) is 9.88 Å². The van der Waals surface area contributed by atoms with Gasteiger partial charge in [0.2, 0.25) is 0 Å². The Morgan fingerprint density at radius 3 is 2.54 bits per heavy atom. The number of benzene rings is 2. The van der Waals surface area contributed by atoms with Crippen LogP contribution in [0.5, 0.6) is 0 Å². The number of hydrogen-bond acceptors (Lipinski definition) is 3. The highest BCUT2D eigenvalue weighted by molar-refractivity contribution is 5.98. The Hall–Kier alpha value is -2.79. The Balaban J connectivity index is 1.46. The van der Waals surface area contributed by atoms with Crippen molar-refractivity contribution in [3.63, 3.8) is 0 Å². The van der Waals surface area contributed by atoms with Crippen molar-refractivity contribution in [1.29, 1.82) is 0 Å². The minimum Gasteiger partial charge on any atom is -0.378 e.